The van der Waals surface area contributed by atoms with Crippen LogP contribution in [-0.2, 0) is 0 Å². The molecule has 0 unspecified atom stereocenters. The molecule has 2 rings (SSSR count). The third-order valence-corrected chi connectivity index (χ3v) is 3.99. The lowest BCUT2D eigenvalue weighted by molar-refractivity contribution is 0.0954. The van der Waals surface area contributed by atoms with Crippen molar-refractivity contribution in [2.45, 2.75) is 26.7 Å². The number of unbranched alkanes of at least 4 members (excludes halogenated alkanes) is 1. The van der Waals surface area contributed by atoms with Gasteiger partial charge in [-0.15, -0.1) is 11.3 Å². The minimum atomic E-state index is -0.0569. The molecule has 0 fully saturated rings. The van der Waals surface area contributed by atoms with Crippen LogP contribution in [-0.4, -0.2) is 18.7 Å². The Kier molecular flexibility index (Phi) is 5.69. The lowest BCUT2D eigenvalue weighted by atomic mass is 10.1. The normalized spacial score (nSPS) is 11.0. The number of carbonyl (C=O) groups is 1. The average Bonchev–Trinajstić information content (AvgIpc) is 2.91. The highest BCUT2D eigenvalue weighted by Crippen LogP contribution is 2.20. The van der Waals surface area contributed by atoms with Crippen molar-refractivity contribution in [2.24, 2.45) is 4.99 Å². The van der Waals surface area contributed by atoms with Gasteiger partial charge in [-0.1, -0.05) is 25.5 Å². The van der Waals surface area contributed by atoms with Gasteiger partial charge in [0.2, 0.25) is 0 Å². The predicted molar refractivity (Wildman–Crippen MR) is 90.0 cm³/mol. The fourth-order valence-electron chi connectivity index (χ4n) is 1.91. The average molecular weight is 300 g/mol. The van der Waals surface area contributed by atoms with Gasteiger partial charge in [-0.2, -0.15) is 0 Å². The fourth-order valence-corrected chi connectivity index (χ4v) is 2.66. The van der Waals surface area contributed by atoms with E-state index in [4.69, 9.17) is 0 Å². The van der Waals surface area contributed by atoms with Crippen LogP contribution in [0.1, 0.15) is 39.9 Å². The minimum Gasteiger partial charge on any atom is -0.352 e. The maximum atomic E-state index is 12.2. The molecule has 1 heterocycles. The van der Waals surface area contributed by atoms with Crippen molar-refractivity contribution in [1.29, 1.82) is 0 Å². The summed E-state index contributed by atoms with van der Waals surface area (Å²) in [5, 5.41) is 2.93. The Hall–Kier alpha value is -1.94. The van der Waals surface area contributed by atoms with Crippen molar-refractivity contribution in [2.75, 3.05) is 6.54 Å². The van der Waals surface area contributed by atoms with E-state index in [0.29, 0.717) is 17.8 Å². The van der Waals surface area contributed by atoms with Gasteiger partial charge in [0.1, 0.15) is 0 Å². The molecule has 2 aromatic rings. The lowest BCUT2D eigenvalue weighted by Crippen LogP contribution is -2.24. The number of benzene rings is 1. The molecule has 0 saturated heterocycles. The van der Waals surface area contributed by atoms with Crippen LogP contribution < -0.4 is 5.32 Å². The van der Waals surface area contributed by atoms with E-state index in [1.807, 2.05) is 36.5 Å². The highest BCUT2D eigenvalue weighted by molar-refractivity contribution is 7.13. The molecule has 0 aliphatic rings. The number of hydrogen-bond acceptors (Lipinski definition) is 3. The summed E-state index contributed by atoms with van der Waals surface area (Å²) in [7, 11) is 0. The van der Waals surface area contributed by atoms with E-state index in [1.54, 1.807) is 11.3 Å². The third kappa shape index (κ3) is 4.53. The van der Waals surface area contributed by atoms with Gasteiger partial charge in [0.25, 0.3) is 5.91 Å². The first-order chi connectivity index (χ1) is 10.2. The highest BCUT2D eigenvalue weighted by Gasteiger charge is 2.09. The zero-order valence-corrected chi connectivity index (χ0v) is 13.2. The molecule has 0 saturated carbocycles. The second-order valence-corrected chi connectivity index (χ2v) is 6.15. The first kappa shape index (κ1) is 15.4. The van der Waals surface area contributed by atoms with Crippen molar-refractivity contribution >= 4 is 29.1 Å². The van der Waals surface area contributed by atoms with E-state index >= 15 is 0 Å². The van der Waals surface area contributed by atoms with E-state index in [0.717, 1.165) is 17.7 Å². The molecule has 1 aromatic carbocycles. The molecule has 1 aromatic heterocycles. The number of nitrogens with zero attached hydrogens (tertiary/aromatic N) is 1. The highest BCUT2D eigenvalue weighted by atomic mass is 32.1. The maximum absolute atomic E-state index is 12.2. The fraction of sp³-hybridized carbons (Fsp3) is 0.294. The summed E-state index contributed by atoms with van der Waals surface area (Å²) < 4.78 is 0. The van der Waals surface area contributed by atoms with Gasteiger partial charge >= 0.3 is 0 Å². The Morgan fingerprint density at radius 1 is 1.29 bits per heavy atom. The smallest absolute Gasteiger partial charge is 0.253 e. The monoisotopic (exact) mass is 300 g/mol. The van der Waals surface area contributed by atoms with Gasteiger partial charge in [-0.05, 0) is 37.6 Å². The second-order valence-electron chi connectivity index (χ2n) is 4.83. The minimum absolute atomic E-state index is 0.0569. The number of para-hydroxylation sites is 1. The molecule has 21 heavy (non-hydrogen) atoms. The molecule has 1 amide bonds. The Bertz CT molecular complexity index is 631. The number of aliphatic imine (C=N–C) groups is 1. The van der Waals surface area contributed by atoms with Gasteiger partial charge in [-0.3, -0.25) is 9.79 Å². The number of carbonyl (C=O) groups excluding carboxylic acids is 1. The number of amides is 1. The Morgan fingerprint density at radius 2 is 2.10 bits per heavy atom. The van der Waals surface area contributed by atoms with Crippen LogP contribution >= 0.6 is 11.3 Å². The Labute approximate surface area is 129 Å². The summed E-state index contributed by atoms with van der Waals surface area (Å²) in [6.45, 7) is 4.88. The van der Waals surface area contributed by atoms with E-state index < -0.39 is 0 Å². The third-order valence-electron chi connectivity index (χ3n) is 3.06. The molecular formula is C17H20N2OS. The quantitative estimate of drug-likeness (QED) is 0.626. The summed E-state index contributed by atoms with van der Waals surface area (Å²) in [4.78, 5) is 19.0. The number of hydrogen-bond donors (Lipinski definition) is 1. The van der Waals surface area contributed by atoms with Gasteiger partial charge in [0, 0.05) is 22.5 Å². The summed E-state index contributed by atoms with van der Waals surface area (Å²) in [5.74, 6) is -0.0569. The van der Waals surface area contributed by atoms with E-state index in [-0.39, 0.29) is 5.91 Å². The molecule has 3 nitrogen and oxygen atoms in total. The van der Waals surface area contributed by atoms with Crippen molar-refractivity contribution < 1.29 is 4.79 Å². The summed E-state index contributed by atoms with van der Waals surface area (Å²) in [5.41, 5.74) is 1.33. The molecule has 0 aliphatic heterocycles. The lowest BCUT2D eigenvalue weighted by Gasteiger charge is -2.06. The number of nitrogens with one attached hydrogen (secondary N) is 1. The van der Waals surface area contributed by atoms with E-state index in [9.17, 15) is 4.79 Å². The van der Waals surface area contributed by atoms with Crippen molar-refractivity contribution in [1.82, 2.24) is 5.32 Å². The summed E-state index contributed by atoms with van der Waals surface area (Å²) >= 11 is 1.69. The molecule has 0 spiro atoms. The van der Waals surface area contributed by atoms with Crippen molar-refractivity contribution in [3.05, 3.63) is 51.7 Å². The number of aryl methyl sites for hydroxylation is 1. The Morgan fingerprint density at radius 3 is 2.81 bits per heavy atom. The summed E-state index contributed by atoms with van der Waals surface area (Å²) in [6, 6.07) is 11.5. The number of rotatable bonds is 6. The molecule has 0 aliphatic carbocycles. The zero-order valence-electron chi connectivity index (χ0n) is 12.4. The molecule has 1 N–H and O–H groups in total. The molecule has 0 atom stereocenters. The van der Waals surface area contributed by atoms with Crippen molar-refractivity contribution in [3.63, 3.8) is 0 Å². The van der Waals surface area contributed by atoms with Crippen molar-refractivity contribution in [3.8, 4) is 0 Å². The zero-order chi connectivity index (χ0) is 15.1. The predicted octanol–water partition coefficient (Wildman–Crippen LogP) is 4.34. The van der Waals surface area contributed by atoms with E-state index in [1.165, 1.54) is 4.88 Å². The molecule has 110 valence electrons. The van der Waals surface area contributed by atoms with Crippen LogP contribution in [0.5, 0.6) is 0 Å². The number of thiophene rings is 1. The maximum Gasteiger partial charge on any atom is 0.253 e. The van der Waals surface area contributed by atoms with Crippen LogP contribution in [0.3, 0.4) is 0 Å². The Balaban J connectivity index is 2.13. The van der Waals surface area contributed by atoms with Gasteiger partial charge in [0.15, 0.2) is 0 Å². The first-order valence-corrected chi connectivity index (χ1v) is 8.00. The molecule has 0 radical (unpaired) electrons. The largest absolute Gasteiger partial charge is 0.352 e. The topological polar surface area (TPSA) is 41.5 Å². The van der Waals surface area contributed by atoms with Crippen LogP contribution in [0.25, 0.3) is 0 Å². The van der Waals surface area contributed by atoms with Gasteiger partial charge in [0.05, 0.1) is 11.3 Å². The van der Waals surface area contributed by atoms with Crippen LogP contribution in [0.4, 0.5) is 5.69 Å². The van der Waals surface area contributed by atoms with E-state index in [2.05, 4.69) is 30.2 Å². The van der Waals surface area contributed by atoms with Gasteiger partial charge in [-0.25, -0.2) is 0 Å². The van der Waals surface area contributed by atoms with Crippen LogP contribution in [0.2, 0.25) is 0 Å². The molecular weight excluding hydrogens is 280 g/mol. The van der Waals surface area contributed by atoms with Gasteiger partial charge < -0.3 is 5.32 Å². The standard InChI is InChI=1S/C17H20N2OS/c1-3-4-11-18-17(20)15-7-5-6-8-16(15)19-12-14-10-9-13(2)21-14/h5-10,12H,3-4,11H2,1-2H3,(H,18,20). The second kappa shape index (κ2) is 7.74. The van der Waals surface area contributed by atoms with Crippen LogP contribution in [0, 0.1) is 6.92 Å². The summed E-state index contributed by atoms with van der Waals surface area (Å²) in [6.07, 6.45) is 3.87. The first-order valence-electron chi connectivity index (χ1n) is 7.18. The SMILES string of the molecule is CCCCNC(=O)c1ccccc1N=Cc1ccc(C)s1. The van der Waals surface area contributed by atoms with Crippen LogP contribution in [0.15, 0.2) is 41.4 Å². The molecule has 0 bridgehead atoms. The molecule has 4 heteroatoms.